The maximum atomic E-state index is 12.0. The van der Waals surface area contributed by atoms with Gasteiger partial charge < -0.3 is 4.74 Å². The second-order valence-corrected chi connectivity index (χ2v) is 4.74. The van der Waals surface area contributed by atoms with Crippen LogP contribution in [-0.2, 0) is 0 Å². The molecule has 1 aromatic rings. The minimum Gasteiger partial charge on any atom is -0.497 e. The van der Waals surface area contributed by atoms with Gasteiger partial charge in [-0.1, -0.05) is 13.8 Å². The summed E-state index contributed by atoms with van der Waals surface area (Å²) in [4.78, 5) is 14.0. The number of likely N-dealkylation sites (N-methyl/N-ethyl adjacent to an activating group) is 1. The summed E-state index contributed by atoms with van der Waals surface area (Å²) in [6, 6.07) is 7.25. The molecule has 0 aromatic heterocycles. The summed E-state index contributed by atoms with van der Waals surface area (Å²) >= 11 is 0. The quantitative estimate of drug-likeness (QED) is 0.709. The molecule has 0 saturated carbocycles. The van der Waals surface area contributed by atoms with Gasteiger partial charge in [0, 0.05) is 12.1 Å². The SMILES string of the molecule is COc1ccc(C(=O)CN(C)CC(C)C)cc1. The molecule has 0 N–H and O–H groups in total. The molecule has 0 amide bonds. The van der Waals surface area contributed by atoms with Crippen molar-refractivity contribution in [2.24, 2.45) is 5.92 Å². The van der Waals surface area contributed by atoms with E-state index in [1.165, 1.54) is 0 Å². The Morgan fingerprint density at radius 2 is 1.88 bits per heavy atom. The average molecular weight is 235 g/mol. The molecule has 0 saturated heterocycles. The Balaban J connectivity index is 2.57. The van der Waals surface area contributed by atoms with Gasteiger partial charge >= 0.3 is 0 Å². The van der Waals surface area contributed by atoms with Gasteiger partial charge in [-0.15, -0.1) is 0 Å². The number of hydrogen-bond acceptors (Lipinski definition) is 3. The van der Waals surface area contributed by atoms with Crippen LogP contribution < -0.4 is 4.74 Å². The number of rotatable bonds is 6. The first-order valence-electron chi connectivity index (χ1n) is 5.88. The van der Waals surface area contributed by atoms with Crippen molar-refractivity contribution in [3.8, 4) is 5.75 Å². The fraction of sp³-hybridized carbons (Fsp3) is 0.500. The van der Waals surface area contributed by atoms with Crippen LogP contribution in [0.5, 0.6) is 5.75 Å². The van der Waals surface area contributed by atoms with E-state index in [0.717, 1.165) is 17.9 Å². The number of carbonyl (C=O) groups is 1. The number of hydrogen-bond donors (Lipinski definition) is 0. The third-order valence-electron chi connectivity index (χ3n) is 2.50. The number of ketones is 1. The number of Topliss-reactive ketones (excluding diaryl/α,β-unsaturated/α-hetero) is 1. The minimum absolute atomic E-state index is 0.149. The molecule has 0 unspecified atom stereocenters. The lowest BCUT2D eigenvalue weighted by atomic mass is 10.1. The standard InChI is InChI=1S/C14H21NO2/c1-11(2)9-15(3)10-14(16)12-5-7-13(17-4)8-6-12/h5-8,11H,9-10H2,1-4H3. The van der Waals surface area contributed by atoms with Crippen LogP contribution in [0.1, 0.15) is 24.2 Å². The van der Waals surface area contributed by atoms with Gasteiger partial charge in [0.25, 0.3) is 0 Å². The van der Waals surface area contributed by atoms with Gasteiger partial charge in [0.05, 0.1) is 13.7 Å². The summed E-state index contributed by atoms with van der Waals surface area (Å²) < 4.78 is 5.06. The van der Waals surface area contributed by atoms with Crippen LogP contribution >= 0.6 is 0 Å². The molecule has 0 atom stereocenters. The first-order valence-corrected chi connectivity index (χ1v) is 5.88. The molecule has 3 heteroatoms. The van der Waals surface area contributed by atoms with E-state index in [4.69, 9.17) is 4.74 Å². The highest BCUT2D eigenvalue weighted by Crippen LogP contribution is 2.12. The van der Waals surface area contributed by atoms with Gasteiger partial charge in [-0.05, 0) is 37.2 Å². The van der Waals surface area contributed by atoms with E-state index in [-0.39, 0.29) is 5.78 Å². The number of nitrogens with zero attached hydrogens (tertiary/aromatic N) is 1. The van der Waals surface area contributed by atoms with E-state index >= 15 is 0 Å². The molecular formula is C14H21NO2. The highest BCUT2D eigenvalue weighted by atomic mass is 16.5. The van der Waals surface area contributed by atoms with E-state index in [2.05, 4.69) is 18.7 Å². The van der Waals surface area contributed by atoms with E-state index in [1.807, 2.05) is 31.3 Å². The molecular weight excluding hydrogens is 214 g/mol. The molecule has 0 bridgehead atoms. The maximum absolute atomic E-state index is 12.0. The smallest absolute Gasteiger partial charge is 0.176 e. The molecule has 1 rings (SSSR count). The number of carbonyl (C=O) groups excluding carboxylic acids is 1. The summed E-state index contributed by atoms with van der Waals surface area (Å²) in [6.45, 7) is 5.69. The third kappa shape index (κ3) is 4.57. The molecule has 0 spiro atoms. The van der Waals surface area contributed by atoms with Crippen molar-refractivity contribution in [2.75, 3.05) is 27.2 Å². The Bertz CT molecular complexity index is 357. The largest absolute Gasteiger partial charge is 0.497 e. The molecule has 0 radical (unpaired) electrons. The normalized spacial score (nSPS) is 10.9. The first kappa shape index (κ1) is 13.7. The molecule has 0 aliphatic heterocycles. The monoisotopic (exact) mass is 235 g/mol. The second-order valence-electron chi connectivity index (χ2n) is 4.74. The van der Waals surface area contributed by atoms with Crippen molar-refractivity contribution in [3.63, 3.8) is 0 Å². The zero-order valence-electron chi connectivity index (χ0n) is 11.1. The lowest BCUT2D eigenvalue weighted by molar-refractivity contribution is 0.0940. The van der Waals surface area contributed by atoms with Crippen molar-refractivity contribution < 1.29 is 9.53 Å². The fourth-order valence-electron chi connectivity index (χ4n) is 1.80. The molecule has 0 heterocycles. The van der Waals surface area contributed by atoms with E-state index in [0.29, 0.717) is 12.5 Å². The molecule has 0 aliphatic carbocycles. The minimum atomic E-state index is 0.149. The van der Waals surface area contributed by atoms with Crippen molar-refractivity contribution in [1.29, 1.82) is 0 Å². The van der Waals surface area contributed by atoms with Gasteiger partial charge in [-0.3, -0.25) is 9.69 Å². The van der Waals surface area contributed by atoms with Gasteiger partial charge in [0.15, 0.2) is 5.78 Å². The molecule has 0 aliphatic rings. The van der Waals surface area contributed by atoms with Crippen LogP contribution in [0.4, 0.5) is 0 Å². The van der Waals surface area contributed by atoms with E-state index in [1.54, 1.807) is 7.11 Å². The lowest BCUT2D eigenvalue weighted by Crippen LogP contribution is -2.29. The topological polar surface area (TPSA) is 29.5 Å². The van der Waals surface area contributed by atoms with Crippen LogP contribution in [-0.4, -0.2) is 37.9 Å². The zero-order valence-corrected chi connectivity index (χ0v) is 11.1. The Kier molecular flexibility index (Phi) is 5.16. The van der Waals surface area contributed by atoms with Crippen molar-refractivity contribution in [1.82, 2.24) is 4.90 Å². The molecule has 3 nitrogen and oxygen atoms in total. The van der Waals surface area contributed by atoms with Crippen LogP contribution in [0.3, 0.4) is 0 Å². The van der Waals surface area contributed by atoms with Crippen molar-refractivity contribution >= 4 is 5.78 Å². The van der Waals surface area contributed by atoms with E-state index in [9.17, 15) is 4.79 Å². The number of ether oxygens (including phenoxy) is 1. The third-order valence-corrected chi connectivity index (χ3v) is 2.50. The number of benzene rings is 1. The molecule has 0 fully saturated rings. The Hall–Kier alpha value is -1.35. The van der Waals surface area contributed by atoms with Gasteiger partial charge in [0.2, 0.25) is 0 Å². The predicted molar refractivity (Wildman–Crippen MR) is 69.7 cm³/mol. The van der Waals surface area contributed by atoms with Crippen molar-refractivity contribution in [3.05, 3.63) is 29.8 Å². The lowest BCUT2D eigenvalue weighted by Gasteiger charge is -2.17. The second kappa shape index (κ2) is 6.40. The van der Waals surface area contributed by atoms with Crippen LogP contribution in [0.15, 0.2) is 24.3 Å². The summed E-state index contributed by atoms with van der Waals surface area (Å²) in [5, 5.41) is 0. The fourth-order valence-corrected chi connectivity index (χ4v) is 1.80. The van der Waals surface area contributed by atoms with Crippen LogP contribution in [0.25, 0.3) is 0 Å². The van der Waals surface area contributed by atoms with Crippen LogP contribution in [0, 0.1) is 5.92 Å². The Labute approximate surface area is 103 Å². The summed E-state index contributed by atoms with van der Waals surface area (Å²) in [5.74, 6) is 1.50. The summed E-state index contributed by atoms with van der Waals surface area (Å²) in [6.07, 6.45) is 0. The van der Waals surface area contributed by atoms with Crippen LogP contribution in [0.2, 0.25) is 0 Å². The highest BCUT2D eigenvalue weighted by molar-refractivity contribution is 5.97. The molecule has 94 valence electrons. The number of methoxy groups -OCH3 is 1. The first-order chi connectivity index (χ1) is 8.02. The summed E-state index contributed by atoms with van der Waals surface area (Å²) in [5.41, 5.74) is 0.737. The van der Waals surface area contributed by atoms with Gasteiger partial charge in [-0.2, -0.15) is 0 Å². The van der Waals surface area contributed by atoms with Crippen molar-refractivity contribution in [2.45, 2.75) is 13.8 Å². The highest BCUT2D eigenvalue weighted by Gasteiger charge is 2.10. The Morgan fingerprint density at radius 1 is 1.29 bits per heavy atom. The Morgan fingerprint density at radius 3 is 2.35 bits per heavy atom. The predicted octanol–water partition coefficient (Wildman–Crippen LogP) is 2.47. The zero-order chi connectivity index (χ0) is 12.8. The van der Waals surface area contributed by atoms with E-state index < -0.39 is 0 Å². The van der Waals surface area contributed by atoms with Gasteiger partial charge in [-0.25, -0.2) is 0 Å². The molecule has 1 aromatic carbocycles. The molecule has 17 heavy (non-hydrogen) atoms. The maximum Gasteiger partial charge on any atom is 0.176 e. The average Bonchev–Trinajstić information content (AvgIpc) is 2.28. The summed E-state index contributed by atoms with van der Waals surface area (Å²) in [7, 11) is 3.59. The van der Waals surface area contributed by atoms with Gasteiger partial charge in [0.1, 0.15) is 5.75 Å².